The number of hydrogen-bond donors (Lipinski definition) is 1. The third-order valence-corrected chi connectivity index (χ3v) is 6.79. The fraction of sp³-hybridized carbons (Fsp3) is 0.650. The summed E-state index contributed by atoms with van der Waals surface area (Å²) in [5.74, 6) is 0.491. The van der Waals surface area contributed by atoms with E-state index in [1.807, 2.05) is 0 Å². The number of aryl methyl sites for hydroxylation is 1. The molecule has 1 saturated heterocycles. The molecule has 0 aromatic heterocycles. The van der Waals surface area contributed by atoms with Gasteiger partial charge in [-0.2, -0.15) is 0 Å². The van der Waals surface area contributed by atoms with Crippen LogP contribution < -0.4 is 9.62 Å². The lowest BCUT2D eigenvalue weighted by atomic mass is 9.99. The second-order valence-electron chi connectivity index (χ2n) is 7.83. The largest absolute Gasteiger partial charge is 0.354 e. The Labute approximate surface area is 174 Å². The minimum Gasteiger partial charge on any atom is -0.354 e. The highest BCUT2D eigenvalue weighted by molar-refractivity contribution is 7.92. The van der Waals surface area contributed by atoms with Crippen LogP contribution in [0.1, 0.15) is 38.7 Å². The number of sulfonamides is 1. The van der Waals surface area contributed by atoms with Crippen molar-refractivity contribution >= 4 is 33.2 Å². The summed E-state index contributed by atoms with van der Waals surface area (Å²) >= 11 is 6.05. The molecule has 0 bridgehead atoms. The Morgan fingerprint density at radius 2 is 2.00 bits per heavy atom. The van der Waals surface area contributed by atoms with E-state index < -0.39 is 16.1 Å². The Hall–Kier alpha value is -1.31. The zero-order valence-corrected chi connectivity index (χ0v) is 18.8. The molecule has 0 radical (unpaired) electrons. The fourth-order valence-corrected chi connectivity index (χ4v) is 4.94. The van der Waals surface area contributed by atoms with Gasteiger partial charge in [0.25, 0.3) is 0 Å². The molecule has 1 atom stereocenters. The van der Waals surface area contributed by atoms with Crippen LogP contribution in [0.25, 0.3) is 0 Å². The van der Waals surface area contributed by atoms with E-state index >= 15 is 0 Å². The molecule has 1 aliphatic rings. The van der Waals surface area contributed by atoms with E-state index in [0.717, 1.165) is 48.1 Å². The predicted octanol–water partition coefficient (Wildman–Crippen LogP) is 3.04. The number of anilines is 1. The van der Waals surface area contributed by atoms with Crippen molar-refractivity contribution in [2.24, 2.45) is 5.92 Å². The Bertz CT molecular complexity index is 777. The number of carbonyl (C=O) groups is 1. The minimum absolute atomic E-state index is 0.308. The van der Waals surface area contributed by atoms with Crippen molar-refractivity contribution in [2.45, 2.75) is 46.1 Å². The quantitative estimate of drug-likeness (QED) is 0.645. The summed E-state index contributed by atoms with van der Waals surface area (Å²) in [6.45, 7) is 9.39. The molecule has 0 unspecified atom stereocenters. The van der Waals surface area contributed by atoms with Gasteiger partial charge in [-0.1, -0.05) is 24.6 Å². The van der Waals surface area contributed by atoms with Crippen molar-refractivity contribution in [2.75, 3.05) is 36.7 Å². The molecule has 8 heteroatoms. The van der Waals surface area contributed by atoms with Crippen LogP contribution >= 0.6 is 11.6 Å². The van der Waals surface area contributed by atoms with Crippen molar-refractivity contribution in [3.63, 3.8) is 0 Å². The number of piperidine rings is 1. The van der Waals surface area contributed by atoms with Gasteiger partial charge in [-0.05, 0) is 76.4 Å². The number of nitrogens with one attached hydrogen (secondary N) is 1. The lowest BCUT2D eigenvalue weighted by molar-refractivity contribution is -0.121. The van der Waals surface area contributed by atoms with Gasteiger partial charge >= 0.3 is 0 Å². The standard InChI is InChI=1S/C20H32ClN3O3S/c1-15-8-12-23(13-9-15)11-5-10-22-20(25)17(3)24(28(4,26)27)19-14-18(21)7-6-16(19)2/h6-7,14-15,17H,5,8-13H2,1-4H3,(H,22,25)/t17-/m0/s1. The summed E-state index contributed by atoms with van der Waals surface area (Å²) < 4.78 is 25.9. The number of nitrogens with zero attached hydrogens (tertiary/aromatic N) is 2. The van der Waals surface area contributed by atoms with Crippen molar-refractivity contribution in [1.82, 2.24) is 10.2 Å². The van der Waals surface area contributed by atoms with Gasteiger partial charge in [0, 0.05) is 11.6 Å². The summed E-state index contributed by atoms with van der Waals surface area (Å²) in [5.41, 5.74) is 1.17. The smallest absolute Gasteiger partial charge is 0.243 e. The monoisotopic (exact) mass is 429 g/mol. The van der Waals surface area contributed by atoms with Gasteiger partial charge in [-0.3, -0.25) is 9.10 Å². The maximum Gasteiger partial charge on any atom is 0.243 e. The van der Waals surface area contributed by atoms with Crippen LogP contribution in [0.2, 0.25) is 5.02 Å². The van der Waals surface area contributed by atoms with Gasteiger partial charge in [0.1, 0.15) is 6.04 Å². The normalized spacial score (nSPS) is 17.3. The molecular weight excluding hydrogens is 398 g/mol. The van der Waals surface area contributed by atoms with E-state index in [1.165, 1.54) is 12.8 Å². The van der Waals surface area contributed by atoms with Crippen molar-refractivity contribution in [3.05, 3.63) is 28.8 Å². The van der Waals surface area contributed by atoms with Crippen LogP contribution in [0, 0.1) is 12.8 Å². The SMILES string of the molecule is Cc1ccc(Cl)cc1N([C@@H](C)C(=O)NCCCN1CCC(C)CC1)S(C)(=O)=O. The lowest BCUT2D eigenvalue weighted by Crippen LogP contribution is -2.48. The van der Waals surface area contributed by atoms with Crippen LogP contribution in [0.5, 0.6) is 0 Å². The van der Waals surface area contributed by atoms with E-state index in [2.05, 4.69) is 17.1 Å². The molecule has 0 aliphatic carbocycles. The van der Waals surface area contributed by atoms with Crippen molar-refractivity contribution < 1.29 is 13.2 Å². The summed E-state index contributed by atoms with van der Waals surface area (Å²) in [4.78, 5) is 15.1. The molecule has 1 N–H and O–H groups in total. The van der Waals surface area contributed by atoms with Crippen LogP contribution in [0.3, 0.4) is 0 Å². The van der Waals surface area contributed by atoms with Crippen LogP contribution in [-0.2, 0) is 14.8 Å². The molecule has 1 aromatic rings. The number of likely N-dealkylation sites (tertiary alicyclic amines) is 1. The maximum absolute atomic E-state index is 12.6. The molecule has 158 valence electrons. The van der Waals surface area contributed by atoms with E-state index in [9.17, 15) is 13.2 Å². The molecule has 1 aliphatic heterocycles. The minimum atomic E-state index is -3.65. The van der Waals surface area contributed by atoms with Gasteiger partial charge in [-0.15, -0.1) is 0 Å². The van der Waals surface area contributed by atoms with Crippen LogP contribution in [0.15, 0.2) is 18.2 Å². The Morgan fingerprint density at radius 3 is 2.61 bits per heavy atom. The predicted molar refractivity (Wildman–Crippen MR) is 115 cm³/mol. The first-order valence-electron chi connectivity index (χ1n) is 9.85. The van der Waals surface area contributed by atoms with Gasteiger partial charge < -0.3 is 10.2 Å². The molecule has 1 amide bonds. The molecule has 28 heavy (non-hydrogen) atoms. The molecule has 0 saturated carbocycles. The van der Waals surface area contributed by atoms with Crippen LogP contribution in [-0.4, -0.2) is 57.7 Å². The molecule has 6 nitrogen and oxygen atoms in total. The first-order valence-corrected chi connectivity index (χ1v) is 12.1. The molecule has 0 spiro atoms. The molecule has 2 rings (SSSR count). The second-order valence-corrected chi connectivity index (χ2v) is 10.1. The van der Waals surface area contributed by atoms with Gasteiger partial charge in [0.05, 0.1) is 11.9 Å². The topological polar surface area (TPSA) is 69.7 Å². The molecule has 1 heterocycles. The number of carbonyl (C=O) groups excluding carboxylic acids is 1. The Kier molecular flexibility index (Phi) is 8.16. The van der Waals surface area contributed by atoms with Crippen molar-refractivity contribution in [3.8, 4) is 0 Å². The van der Waals surface area contributed by atoms with E-state index in [0.29, 0.717) is 17.3 Å². The summed E-state index contributed by atoms with van der Waals surface area (Å²) in [6, 6.07) is 4.18. The summed E-state index contributed by atoms with van der Waals surface area (Å²) in [6.07, 6.45) is 4.41. The molecule has 1 aromatic carbocycles. The zero-order chi connectivity index (χ0) is 20.9. The average molecular weight is 430 g/mol. The molecular formula is C20H32ClN3O3S. The van der Waals surface area contributed by atoms with E-state index in [4.69, 9.17) is 11.6 Å². The average Bonchev–Trinajstić information content (AvgIpc) is 2.62. The molecule has 1 fully saturated rings. The van der Waals surface area contributed by atoms with Crippen LogP contribution in [0.4, 0.5) is 5.69 Å². The van der Waals surface area contributed by atoms with Crippen molar-refractivity contribution in [1.29, 1.82) is 0 Å². The van der Waals surface area contributed by atoms with E-state index in [-0.39, 0.29) is 5.91 Å². The lowest BCUT2D eigenvalue weighted by Gasteiger charge is -2.31. The number of amides is 1. The highest BCUT2D eigenvalue weighted by Crippen LogP contribution is 2.28. The number of hydrogen-bond acceptors (Lipinski definition) is 4. The first-order chi connectivity index (χ1) is 13.1. The number of rotatable bonds is 8. The van der Waals surface area contributed by atoms with Gasteiger partial charge in [0.2, 0.25) is 15.9 Å². The fourth-order valence-electron chi connectivity index (χ4n) is 3.55. The number of benzene rings is 1. The summed E-state index contributed by atoms with van der Waals surface area (Å²) in [5, 5.41) is 3.31. The third-order valence-electron chi connectivity index (χ3n) is 5.32. The second kappa shape index (κ2) is 9.94. The Balaban J connectivity index is 1.95. The third kappa shape index (κ3) is 6.36. The Morgan fingerprint density at radius 1 is 1.36 bits per heavy atom. The summed E-state index contributed by atoms with van der Waals surface area (Å²) in [7, 11) is -3.65. The van der Waals surface area contributed by atoms with Gasteiger partial charge in [-0.25, -0.2) is 8.42 Å². The highest BCUT2D eigenvalue weighted by Gasteiger charge is 2.30. The zero-order valence-electron chi connectivity index (χ0n) is 17.2. The first kappa shape index (κ1) is 23.0. The van der Waals surface area contributed by atoms with E-state index in [1.54, 1.807) is 32.0 Å². The maximum atomic E-state index is 12.6. The number of halogens is 1. The highest BCUT2D eigenvalue weighted by atomic mass is 35.5. The van der Waals surface area contributed by atoms with Gasteiger partial charge in [0.15, 0.2) is 0 Å².